The van der Waals surface area contributed by atoms with E-state index in [-0.39, 0.29) is 5.91 Å². The summed E-state index contributed by atoms with van der Waals surface area (Å²) >= 11 is 3.39. The van der Waals surface area contributed by atoms with Gasteiger partial charge in [-0.25, -0.2) is 0 Å². The molecule has 0 N–H and O–H groups in total. The molecular formula is C19H21BrN2O2. The van der Waals surface area contributed by atoms with Crippen molar-refractivity contribution in [2.24, 2.45) is 0 Å². The molecule has 1 fully saturated rings. The molecule has 1 saturated heterocycles. The summed E-state index contributed by atoms with van der Waals surface area (Å²) in [6.07, 6.45) is 6.61. The molecule has 1 amide bonds. The lowest BCUT2D eigenvalue weighted by molar-refractivity contribution is 0.0754. The van der Waals surface area contributed by atoms with Crippen LogP contribution in [-0.4, -0.2) is 36.0 Å². The van der Waals surface area contributed by atoms with Crippen LogP contribution in [0, 0.1) is 0 Å². The van der Waals surface area contributed by atoms with Gasteiger partial charge in [0.05, 0.1) is 12.7 Å². The van der Waals surface area contributed by atoms with Crippen LogP contribution in [0.2, 0.25) is 0 Å². The standard InChI is InChI=1S/C19H21BrN2O2/c1-24-18-7-5-14(6-8-18)15-4-2-3-9-22(13-15)19(23)16-10-17(20)12-21-11-16/h5-8,10-12,15H,2-4,9,13H2,1H3. The van der Waals surface area contributed by atoms with Crippen LogP contribution in [0.5, 0.6) is 5.75 Å². The van der Waals surface area contributed by atoms with Crippen LogP contribution in [0.15, 0.2) is 47.2 Å². The third kappa shape index (κ3) is 3.96. The number of carbonyl (C=O) groups excluding carboxylic acids is 1. The quantitative estimate of drug-likeness (QED) is 0.788. The number of halogens is 1. The molecular weight excluding hydrogens is 368 g/mol. The fourth-order valence-corrected chi connectivity index (χ4v) is 3.55. The smallest absolute Gasteiger partial charge is 0.255 e. The number of amides is 1. The van der Waals surface area contributed by atoms with Crippen LogP contribution in [-0.2, 0) is 0 Å². The van der Waals surface area contributed by atoms with E-state index in [2.05, 4.69) is 33.0 Å². The van der Waals surface area contributed by atoms with E-state index in [4.69, 9.17) is 4.74 Å². The molecule has 0 aliphatic carbocycles. The maximum Gasteiger partial charge on any atom is 0.255 e. The monoisotopic (exact) mass is 388 g/mol. The molecule has 1 unspecified atom stereocenters. The molecule has 4 nitrogen and oxygen atoms in total. The summed E-state index contributed by atoms with van der Waals surface area (Å²) in [6.45, 7) is 1.55. The van der Waals surface area contributed by atoms with E-state index in [1.165, 1.54) is 5.56 Å². The molecule has 0 bridgehead atoms. The van der Waals surface area contributed by atoms with E-state index >= 15 is 0 Å². The van der Waals surface area contributed by atoms with Gasteiger partial charge < -0.3 is 9.64 Å². The van der Waals surface area contributed by atoms with Crippen molar-refractivity contribution >= 4 is 21.8 Å². The van der Waals surface area contributed by atoms with Gasteiger partial charge in [0.2, 0.25) is 0 Å². The van der Waals surface area contributed by atoms with E-state index in [0.29, 0.717) is 11.5 Å². The molecule has 1 aliphatic rings. The minimum atomic E-state index is 0.0595. The van der Waals surface area contributed by atoms with Crippen molar-refractivity contribution in [3.63, 3.8) is 0 Å². The Morgan fingerprint density at radius 2 is 2.04 bits per heavy atom. The van der Waals surface area contributed by atoms with Crippen molar-refractivity contribution in [2.45, 2.75) is 25.2 Å². The summed E-state index contributed by atoms with van der Waals surface area (Å²) < 4.78 is 6.06. The molecule has 1 aromatic carbocycles. The third-order valence-corrected chi connectivity index (χ3v) is 4.93. The van der Waals surface area contributed by atoms with Gasteiger partial charge in [-0.3, -0.25) is 9.78 Å². The molecule has 2 heterocycles. The number of pyridine rings is 1. The summed E-state index contributed by atoms with van der Waals surface area (Å²) in [6, 6.07) is 10.0. The number of rotatable bonds is 3. The number of nitrogens with zero attached hydrogens (tertiary/aromatic N) is 2. The third-order valence-electron chi connectivity index (χ3n) is 4.50. The van der Waals surface area contributed by atoms with E-state index in [9.17, 15) is 4.79 Å². The van der Waals surface area contributed by atoms with E-state index in [1.54, 1.807) is 19.5 Å². The topological polar surface area (TPSA) is 42.4 Å². The van der Waals surface area contributed by atoms with Gasteiger partial charge in [-0.05, 0) is 52.5 Å². The van der Waals surface area contributed by atoms with Crippen LogP contribution < -0.4 is 4.74 Å². The van der Waals surface area contributed by atoms with Crippen molar-refractivity contribution in [2.75, 3.05) is 20.2 Å². The fraction of sp³-hybridized carbons (Fsp3) is 0.368. The molecule has 2 aromatic rings. The average Bonchev–Trinajstić information content (AvgIpc) is 2.87. The summed E-state index contributed by atoms with van der Waals surface area (Å²) in [5, 5.41) is 0. The Morgan fingerprint density at radius 1 is 1.25 bits per heavy atom. The first-order valence-corrected chi connectivity index (χ1v) is 9.00. The van der Waals surface area contributed by atoms with E-state index in [0.717, 1.165) is 42.6 Å². The number of hydrogen-bond acceptors (Lipinski definition) is 3. The van der Waals surface area contributed by atoms with E-state index < -0.39 is 0 Å². The van der Waals surface area contributed by atoms with Gasteiger partial charge in [-0.2, -0.15) is 0 Å². The first kappa shape index (κ1) is 17.0. The largest absolute Gasteiger partial charge is 0.497 e. The number of aromatic nitrogens is 1. The zero-order chi connectivity index (χ0) is 16.9. The number of methoxy groups -OCH3 is 1. The van der Waals surface area contributed by atoms with Crippen LogP contribution in [0.3, 0.4) is 0 Å². The van der Waals surface area contributed by atoms with Crippen molar-refractivity contribution in [1.82, 2.24) is 9.88 Å². The first-order chi connectivity index (χ1) is 11.7. The SMILES string of the molecule is COc1ccc(C2CCCCN(C(=O)c3cncc(Br)c3)C2)cc1. The Hall–Kier alpha value is -1.88. The lowest BCUT2D eigenvalue weighted by Gasteiger charge is -2.25. The maximum atomic E-state index is 12.8. The second kappa shape index (κ2) is 7.79. The highest BCUT2D eigenvalue weighted by molar-refractivity contribution is 9.10. The summed E-state index contributed by atoms with van der Waals surface area (Å²) in [5.41, 5.74) is 1.91. The van der Waals surface area contributed by atoms with Crippen molar-refractivity contribution in [1.29, 1.82) is 0 Å². The first-order valence-electron chi connectivity index (χ1n) is 8.21. The minimum absolute atomic E-state index is 0.0595. The normalized spacial score (nSPS) is 18.1. The fourth-order valence-electron chi connectivity index (χ4n) is 3.19. The highest BCUT2D eigenvalue weighted by Gasteiger charge is 2.24. The number of ether oxygens (including phenoxy) is 1. The molecule has 24 heavy (non-hydrogen) atoms. The van der Waals surface area contributed by atoms with Gasteiger partial charge >= 0.3 is 0 Å². The Morgan fingerprint density at radius 3 is 2.75 bits per heavy atom. The molecule has 1 atom stereocenters. The molecule has 1 aliphatic heterocycles. The van der Waals surface area contributed by atoms with Crippen LogP contribution in [0.1, 0.15) is 41.1 Å². The van der Waals surface area contributed by atoms with Gasteiger partial charge in [0.1, 0.15) is 5.75 Å². The van der Waals surface area contributed by atoms with Crippen LogP contribution >= 0.6 is 15.9 Å². The van der Waals surface area contributed by atoms with Gasteiger partial charge in [0.25, 0.3) is 5.91 Å². The minimum Gasteiger partial charge on any atom is -0.497 e. The van der Waals surface area contributed by atoms with Crippen molar-refractivity contribution < 1.29 is 9.53 Å². The molecule has 0 radical (unpaired) electrons. The molecule has 126 valence electrons. The highest BCUT2D eigenvalue weighted by Crippen LogP contribution is 2.28. The number of carbonyl (C=O) groups is 1. The second-order valence-electron chi connectivity index (χ2n) is 6.11. The molecule has 3 rings (SSSR count). The second-order valence-corrected chi connectivity index (χ2v) is 7.02. The van der Waals surface area contributed by atoms with Crippen LogP contribution in [0.4, 0.5) is 0 Å². The predicted molar refractivity (Wildman–Crippen MR) is 97.4 cm³/mol. The Bertz CT molecular complexity index is 703. The molecule has 1 aromatic heterocycles. The van der Waals surface area contributed by atoms with Crippen molar-refractivity contribution in [3.05, 3.63) is 58.3 Å². The maximum absolute atomic E-state index is 12.8. The average molecular weight is 389 g/mol. The number of benzene rings is 1. The lowest BCUT2D eigenvalue weighted by atomic mass is 9.94. The van der Waals surface area contributed by atoms with Gasteiger partial charge in [0.15, 0.2) is 0 Å². The van der Waals surface area contributed by atoms with E-state index in [1.807, 2.05) is 23.1 Å². The summed E-state index contributed by atoms with van der Waals surface area (Å²) in [5.74, 6) is 1.28. The van der Waals surface area contributed by atoms with Gasteiger partial charge in [-0.1, -0.05) is 18.6 Å². The summed E-state index contributed by atoms with van der Waals surface area (Å²) in [7, 11) is 1.67. The molecule has 0 spiro atoms. The van der Waals surface area contributed by atoms with Crippen molar-refractivity contribution in [3.8, 4) is 5.75 Å². The summed E-state index contributed by atoms with van der Waals surface area (Å²) in [4.78, 5) is 18.9. The highest BCUT2D eigenvalue weighted by atomic mass is 79.9. The molecule has 0 saturated carbocycles. The van der Waals surface area contributed by atoms with Crippen LogP contribution in [0.25, 0.3) is 0 Å². The van der Waals surface area contributed by atoms with Gasteiger partial charge in [0, 0.05) is 35.9 Å². The molecule has 5 heteroatoms. The Labute approximate surface area is 151 Å². The Kier molecular flexibility index (Phi) is 5.51. The predicted octanol–water partition coefficient (Wildman–Crippen LogP) is 4.26. The lowest BCUT2D eigenvalue weighted by Crippen LogP contribution is -2.34. The van der Waals surface area contributed by atoms with Gasteiger partial charge in [-0.15, -0.1) is 0 Å². The number of likely N-dealkylation sites (tertiary alicyclic amines) is 1. The zero-order valence-electron chi connectivity index (χ0n) is 13.7. The zero-order valence-corrected chi connectivity index (χ0v) is 15.3. The number of hydrogen-bond donors (Lipinski definition) is 0. The Balaban J connectivity index is 1.77.